The largest absolute Gasteiger partial charge is 0.399 e. The molecule has 3 heterocycles. The Balaban J connectivity index is 1.40. The van der Waals surface area contributed by atoms with Gasteiger partial charge in [-0.2, -0.15) is 0 Å². The molecule has 0 unspecified atom stereocenters. The molecule has 5 rings (SSSR count). The summed E-state index contributed by atoms with van der Waals surface area (Å²) in [5.74, 6) is 0.578. The molecule has 7 heteroatoms. The zero-order chi connectivity index (χ0) is 21.5. The highest BCUT2D eigenvalue weighted by atomic mass is 35.5. The molecule has 31 heavy (non-hydrogen) atoms. The average Bonchev–Trinajstić information content (AvgIpc) is 2.75. The lowest BCUT2D eigenvalue weighted by Crippen LogP contribution is -2.35. The van der Waals surface area contributed by atoms with Gasteiger partial charge in [0.25, 0.3) is 5.56 Å². The number of pyridine rings is 1. The number of fused-ring (bicyclic) bond motifs is 2. The van der Waals surface area contributed by atoms with E-state index in [9.17, 15) is 4.79 Å². The smallest absolute Gasteiger partial charge is 0.255 e. The van der Waals surface area contributed by atoms with Gasteiger partial charge in [0.15, 0.2) is 0 Å². The van der Waals surface area contributed by atoms with Crippen molar-refractivity contribution in [1.29, 1.82) is 0 Å². The molecule has 2 aromatic carbocycles. The topological polar surface area (TPSA) is 87.9 Å². The third kappa shape index (κ3) is 3.92. The third-order valence-electron chi connectivity index (χ3n) is 5.73. The van der Waals surface area contributed by atoms with Crippen molar-refractivity contribution in [2.24, 2.45) is 0 Å². The van der Waals surface area contributed by atoms with Crippen molar-refractivity contribution in [3.8, 4) is 11.4 Å². The quantitative estimate of drug-likeness (QED) is 0.377. The minimum Gasteiger partial charge on any atom is -0.399 e. The van der Waals surface area contributed by atoms with Crippen LogP contribution in [0.5, 0.6) is 0 Å². The van der Waals surface area contributed by atoms with E-state index in [1.807, 2.05) is 25.1 Å². The fourth-order valence-electron chi connectivity index (χ4n) is 4.04. The van der Waals surface area contributed by atoms with Gasteiger partial charge in [-0.3, -0.25) is 9.69 Å². The number of aromatic nitrogens is 3. The Hall–Kier alpha value is -3.22. The number of nitrogens with zero attached hydrogens (tertiary/aromatic N) is 3. The van der Waals surface area contributed by atoms with Crippen LogP contribution in [0.4, 0.5) is 5.69 Å². The van der Waals surface area contributed by atoms with Crippen LogP contribution in [-0.4, -0.2) is 26.4 Å². The fraction of sp³-hybridized carbons (Fsp3) is 0.208. The maximum atomic E-state index is 12.8. The molecule has 0 radical (unpaired) electrons. The summed E-state index contributed by atoms with van der Waals surface area (Å²) >= 11 is 6.48. The molecule has 0 spiro atoms. The van der Waals surface area contributed by atoms with Crippen LogP contribution in [0, 0.1) is 6.92 Å². The molecule has 4 aromatic rings. The fourth-order valence-corrected chi connectivity index (χ4v) is 4.25. The maximum absolute atomic E-state index is 12.8. The predicted octanol–water partition coefficient (Wildman–Crippen LogP) is 4.09. The van der Waals surface area contributed by atoms with Crippen LogP contribution in [0.1, 0.15) is 22.4 Å². The van der Waals surface area contributed by atoms with Gasteiger partial charge < -0.3 is 10.7 Å². The lowest BCUT2D eigenvalue weighted by Gasteiger charge is -2.28. The Morgan fingerprint density at radius 3 is 2.74 bits per heavy atom. The number of H-pyrrole nitrogens is 1. The van der Waals surface area contributed by atoms with Crippen molar-refractivity contribution in [2.75, 3.05) is 12.3 Å². The summed E-state index contributed by atoms with van der Waals surface area (Å²) in [6.07, 6.45) is 0.707. The van der Waals surface area contributed by atoms with Crippen LogP contribution in [0.15, 0.2) is 53.3 Å². The normalized spacial score (nSPS) is 14.0. The second kappa shape index (κ2) is 7.80. The van der Waals surface area contributed by atoms with Crippen molar-refractivity contribution in [3.63, 3.8) is 0 Å². The SMILES string of the molecule is Cc1ccc2cc(CN3CCc4nc(-c5ccc(N)cc5)[nH]c(=O)c4C3)c(Cl)nc2c1. The molecule has 0 bridgehead atoms. The van der Waals surface area contributed by atoms with Gasteiger partial charge in [0.2, 0.25) is 0 Å². The first-order valence-corrected chi connectivity index (χ1v) is 10.6. The summed E-state index contributed by atoms with van der Waals surface area (Å²) in [5.41, 5.74) is 11.8. The van der Waals surface area contributed by atoms with Crippen LogP contribution < -0.4 is 11.3 Å². The van der Waals surface area contributed by atoms with E-state index in [1.54, 1.807) is 12.1 Å². The highest BCUT2D eigenvalue weighted by Crippen LogP contribution is 2.25. The zero-order valence-electron chi connectivity index (χ0n) is 17.2. The van der Waals surface area contributed by atoms with Gasteiger partial charge in [0.1, 0.15) is 11.0 Å². The summed E-state index contributed by atoms with van der Waals surface area (Å²) in [5, 5.41) is 1.57. The van der Waals surface area contributed by atoms with E-state index >= 15 is 0 Å². The average molecular weight is 432 g/mol. The Morgan fingerprint density at radius 2 is 1.94 bits per heavy atom. The summed E-state index contributed by atoms with van der Waals surface area (Å²) in [4.78, 5) is 27.2. The molecular weight excluding hydrogens is 410 g/mol. The van der Waals surface area contributed by atoms with Gasteiger partial charge in [-0.05, 0) is 48.9 Å². The minimum atomic E-state index is -0.0975. The third-order valence-corrected chi connectivity index (χ3v) is 6.05. The van der Waals surface area contributed by atoms with E-state index < -0.39 is 0 Å². The predicted molar refractivity (Wildman–Crippen MR) is 124 cm³/mol. The number of nitrogens with one attached hydrogen (secondary N) is 1. The Morgan fingerprint density at radius 1 is 1.13 bits per heavy atom. The molecule has 0 fully saturated rings. The van der Waals surface area contributed by atoms with Gasteiger partial charge in [-0.25, -0.2) is 9.97 Å². The van der Waals surface area contributed by atoms with Gasteiger partial charge in [0, 0.05) is 48.3 Å². The molecule has 0 atom stereocenters. The number of halogens is 1. The van der Waals surface area contributed by atoms with Crippen molar-refractivity contribution in [2.45, 2.75) is 26.4 Å². The van der Waals surface area contributed by atoms with Gasteiger partial charge in [-0.15, -0.1) is 0 Å². The number of aromatic amines is 1. The Kier molecular flexibility index (Phi) is 4.96. The molecule has 0 aliphatic carbocycles. The van der Waals surface area contributed by atoms with Crippen LogP contribution in [0.2, 0.25) is 5.15 Å². The molecule has 156 valence electrons. The van der Waals surface area contributed by atoms with Crippen LogP contribution in [0.3, 0.4) is 0 Å². The first kappa shape index (κ1) is 19.7. The lowest BCUT2D eigenvalue weighted by molar-refractivity contribution is 0.242. The number of anilines is 1. The van der Waals surface area contributed by atoms with Gasteiger partial charge in [0.05, 0.1) is 16.8 Å². The number of aryl methyl sites for hydroxylation is 1. The van der Waals surface area contributed by atoms with E-state index in [0.29, 0.717) is 41.7 Å². The monoisotopic (exact) mass is 431 g/mol. The van der Waals surface area contributed by atoms with Gasteiger partial charge >= 0.3 is 0 Å². The van der Waals surface area contributed by atoms with Crippen LogP contribution in [0.25, 0.3) is 22.3 Å². The molecular formula is C24H22ClN5O. The van der Waals surface area contributed by atoms with E-state index in [4.69, 9.17) is 22.3 Å². The molecule has 6 nitrogen and oxygen atoms in total. The molecule has 2 aromatic heterocycles. The summed E-state index contributed by atoms with van der Waals surface area (Å²) in [6, 6.07) is 15.6. The maximum Gasteiger partial charge on any atom is 0.255 e. The van der Waals surface area contributed by atoms with Crippen LogP contribution >= 0.6 is 11.6 Å². The van der Waals surface area contributed by atoms with Crippen molar-refractivity contribution < 1.29 is 0 Å². The molecule has 0 saturated carbocycles. The molecule has 1 aliphatic rings. The molecule has 3 N–H and O–H groups in total. The van der Waals surface area contributed by atoms with Crippen molar-refractivity contribution in [3.05, 3.63) is 86.4 Å². The number of nitrogens with two attached hydrogens (primary N) is 1. The second-order valence-electron chi connectivity index (χ2n) is 8.06. The molecule has 1 aliphatic heterocycles. The van der Waals surface area contributed by atoms with E-state index in [-0.39, 0.29) is 5.56 Å². The molecule has 0 saturated heterocycles. The summed E-state index contributed by atoms with van der Waals surface area (Å²) < 4.78 is 0. The Bertz CT molecular complexity index is 1350. The summed E-state index contributed by atoms with van der Waals surface area (Å²) in [7, 11) is 0. The minimum absolute atomic E-state index is 0.0975. The van der Waals surface area contributed by atoms with Crippen LogP contribution in [-0.2, 0) is 19.5 Å². The highest BCUT2D eigenvalue weighted by Gasteiger charge is 2.22. The van der Waals surface area contributed by atoms with E-state index in [2.05, 4.69) is 33.1 Å². The lowest BCUT2D eigenvalue weighted by atomic mass is 10.0. The first-order chi connectivity index (χ1) is 15.0. The van der Waals surface area contributed by atoms with E-state index in [1.165, 1.54) is 0 Å². The number of hydrogen-bond donors (Lipinski definition) is 2. The summed E-state index contributed by atoms with van der Waals surface area (Å²) in [6.45, 7) is 4.00. The second-order valence-corrected chi connectivity index (χ2v) is 8.41. The number of nitrogen functional groups attached to an aromatic ring is 1. The molecule has 0 amide bonds. The zero-order valence-corrected chi connectivity index (χ0v) is 17.9. The first-order valence-electron chi connectivity index (χ1n) is 10.2. The van der Waals surface area contributed by atoms with E-state index in [0.717, 1.165) is 39.8 Å². The number of hydrogen-bond acceptors (Lipinski definition) is 5. The van der Waals surface area contributed by atoms with Crippen molar-refractivity contribution in [1.82, 2.24) is 19.9 Å². The highest BCUT2D eigenvalue weighted by molar-refractivity contribution is 6.30. The standard InChI is InChI=1S/C24H22ClN5O/c1-14-2-3-16-11-17(22(25)27-21(16)10-14)12-30-9-8-20-19(13-30)24(31)29-23(28-20)15-4-6-18(26)7-5-15/h2-7,10-11H,8-9,12-13,26H2,1H3,(H,28,29,31). The Labute approximate surface area is 184 Å². The number of rotatable bonds is 3. The van der Waals surface area contributed by atoms with Crippen molar-refractivity contribution >= 4 is 28.2 Å². The number of benzene rings is 2. The van der Waals surface area contributed by atoms with Gasteiger partial charge in [-0.1, -0.05) is 23.7 Å².